The molecule has 0 aromatic heterocycles. The smallest absolute Gasteiger partial charge is 0.406 e. The Morgan fingerprint density at radius 3 is 2.55 bits per heavy atom. The van der Waals surface area contributed by atoms with E-state index in [0.29, 0.717) is 26.1 Å². The summed E-state index contributed by atoms with van der Waals surface area (Å²) in [6, 6.07) is 6.04. The van der Waals surface area contributed by atoms with E-state index in [1.807, 2.05) is 20.8 Å². The lowest BCUT2D eigenvalue weighted by molar-refractivity contribution is -0.274. The van der Waals surface area contributed by atoms with Crippen molar-refractivity contribution in [3.8, 4) is 5.75 Å². The lowest BCUT2D eigenvalue weighted by Crippen LogP contribution is -2.55. The van der Waals surface area contributed by atoms with Crippen molar-refractivity contribution in [2.45, 2.75) is 45.7 Å². The van der Waals surface area contributed by atoms with E-state index in [9.17, 15) is 18.3 Å². The molecule has 0 spiro atoms. The number of hydrogen-bond donors (Lipinski definition) is 1. The third-order valence-corrected chi connectivity index (χ3v) is 4.53. The Labute approximate surface area is 128 Å². The van der Waals surface area contributed by atoms with E-state index in [-0.39, 0.29) is 11.2 Å². The Morgan fingerprint density at radius 1 is 1.27 bits per heavy atom. The average molecular weight is 317 g/mol. The second kappa shape index (κ2) is 5.74. The summed E-state index contributed by atoms with van der Waals surface area (Å²) >= 11 is 0. The predicted molar refractivity (Wildman–Crippen MR) is 77.4 cm³/mol. The van der Waals surface area contributed by atoms with Crippen molar-refractivity contribution in [3.63, 3.8) is 0 Å². The summed E-state index contributed by atoms with van der Waals surface area (Å²) in [6.45, 7) is 7.77. The molecule has 1 aromatic rings. The highest BCUT2D eigenvalue weighted by Gasteiger charge is 2.43. The first-order valence-corrected chi connectivity index (χ1v) is 7.28. The van der Waals surface area contributed by atoms with Crippen molar-refractivity contribution in [1.29, 1.82) is 0 Å². The highest BCUT2D eigenvalue weighted by atomic mass is 19.4. The van der Waals surface area contributed by atoms with Crippen molar-refractivity contribution in [1.82, 2.24) is 4.90 Å². The second-order valence-corrected chi connectivity index (χ2v) is 6.81. The summed E-state index contributed by atoms with van der Waals surface area (Å²) in [5, 5.41) is 10.4. The molecule has 0 bridgehead atoms. The van der Waals surface area contributed by atoms with Gasteiger partial charge in [-0.15, -0.1) is 13.2 Å². The maximum atomic E-state index is 12.3. The summed E-state index contributed by atoms with van der Waals surface area (Å²) < 4.78 is 40.7. The molecule has 0 amide bonds. The molecule has 1 aliphatic heterocycles. The fourth-order valence-electron chi connectivity index (χ4n) is 2.76. The second-order valence-electron chi connectivity index (χ2n) is 6.81. The lowest BCUT2D eigenvalue weighted by atomic mass is 9.71. The van der Waals surface area contributed by atoms with Crippen LogP contribution >= 0.6 is 0 Å². The minimum absolute atomic E-state index is 0.201. The van der Waals surface area contributed by atoms with Crippen LogP contribution in [0.25, 0.3) is 0 Å². The zero-order valence-corrected chi connectivity index (χ0v) is 13.1. The zero-order chi connectivity index (χ0) is 16.6. The van der Waals surface area contributed by atoms with Gasteiger partial charge in [-0.1, -0.05) is 26.0 Å². The Kier molecular flexibility index (Phi) is 4.46. The number of halogens is 3. The highest BCUT2D eigenvalue weighted by Crippen LogP contribution is 2.38. The number of likely N-dealkylation sites (tertiary alicyclic amines) is 1. The molecule has 0 unspecified atom stereocenters. The van der Waals surface area contributed by atoms with Crippen molar-refractivity contribution in [3.05, 3.63) is 29.8 Å². The van der Waals surface area contributed by atoms with E-state index in [0.717, 1.165) is 5.56 Å². The topological polar surface area (TPSA) is 32.7 Å². The van der Waals surface area contributed by atoms with Gasteiger partial charge < -0.3 is 9.84 Å². The molecule has 1 heterocycles. The van der Waals surface area contributed by atoms with Crippen molar-refractivity contribution < 1.29 is 23.0 Å². The van der Waals surface area contributed by atoms with Crippen molar-refractivity contribution in [2.24, 2.45) is 5.41 Å². The van der Waals surface area contributed by atoms with Gasteiger partial charge in [-0.05, 0) is 31.0 Å². The monoisotopic (exact) mass is 317 g/mol. The van der Waals surface area contributed by atoms with Crippen LogP contribution in [-0.4, -0.2) is 35.1 Å². The van der Waals surface area contributed by atoms with E-state index >= 15 is 0 Å². The van der Waals surface area contributed by atoms with Crippen LogP contribution in [0.1, 0.15) is 32.8 Å². The summed E-state index contributed by atoms with van der Waals surface area (Å²) in [7, 11) is 0. The van der Waals surface area contributed by atoms with Gasteiger partial charge in [-0.3, -0.25) is 4.90 Å². The lowest BCUT2D eigenvalue weighted by Gasteiger charge is -2.48. The number of piperidine rings is 1. The van der Waals surface area contributed by atoms with Crippen LogP contribution < -0.4 is 4.74 Å². The molecule has 0 saturated carbocycles. The Balaban J connectivity index is 2.04. The summed E-state index contributed by atoms with van der Waals surface area (Å²) in [4.78, 5) is 2.14. The summed E-state index contributed by atoms with van der Waals surface area (Å²) in [6.07, 6.45) is -4.04. The van der Waals surface area contributed by atoms with Crippen LogP contribution in [0.4, 0.5) is 13.2 Å². The normalized spacial score (nSPS) is 26.0. The fraction of sp³-hybridized carbons (Fsp3) is 0.625. The quantitative estimate of drug-likeness (QED) is 0.925. The molecule has 22 heavy (non-hydrogen) atoms. The molecular formula is C16H22F3NO2. The van der Waals surface area contributed by atoms with Crippen LogP contribution in [0.5, 0.6) is 5.75 Å². The SMILES string of the molecule is CC1(C)CN(Cc2cccc(OC(F)(F)F)c2)CC[C@]1(C)O. The van der Waals surface area contributed by atoms with Gasteiger partial charge >= 0.3 is 6.36 Å². The number of rotatable bonds is 3. The van der Waals surface area contributed by atoms with E-state index < -0.39 is 12.0 Å². The first-order chi connectivity index (χ1) is 9.98. The zero-order valence-electron chi connectivity index (χ0n) is 13.1. The molecule has 1 aromatic carbocycles. The summed E-state index contributed by atoms with van der Waals surface area (Å²) in [5.74, 6) is -0.201. The molecule has 1 atom stereocenters. The first-order valence-electron chi connectivity index (χ1n) is 7.28. The van der Waals surface area contributed by atoms with Gasteiger partial charge in [0, 0.05) is 25.0 Å². The van der Waals surface area contributed by atoms with Crippen LogP contribution in [0.3, 0.4) is 0 Å². The third kappa shape index (κ3) is 4.14. The Hall–Kier alpha value is -1.27. The van der Waals surface area contributed by atoms with Crippen molar-refractivity contribution >= 4 is 0 Å². The first kappa shape index (κ1) is 17.1. The third-order valence-electron chi connectivity index (χ3n) is 4.53. The van der Waals surface area contributed by atoms with Gasteiger partial charge in [0.2, 0.25) is 0 Å². The molecule has 1 N–H and O–H groups in total. The molecule has 2 rings (SSSR count). The minimum atomic E-state index is -4.68. The molecule has 1 fully saturated rings. The van der Waals surface area contributed by atoms with Crippen LogP contribution in [0.2, 0.25) is 0 Å². The van der Waals surface area contributed by atoms with Gasteiger partial charge in [0.25, 0.3) is 0 Å². The van der Waals surface area contributed by atoms with Gasteiger partial charge in [0.1, 0.15) is 5.75 Å². The van der Waals surface area contributed by atoms with E-state index in [1.165, 1.54) is 12.1 Å². The number of nitrogens with zero attached hydrogens (tertiary/aromatic N) is 1. The van der Waals surface area contributed by atoms with Crippen LogP contribution in [0.15, 0.2) is 24.3 Å². The number of alkyl halides is 3. The molecule has 1 saturated heterocycles. The van der Waals surface area contributed by atoms with Crippen LogP contribution in [-0.2, 0) is 6.54 Å². The van der Waals surface area contributed by atoms with Gasteiger partial charge in [-0.25, -0.2) is 0 Å². The molecular weight excluding hydrogens is 295 g/mol. The van der Waals surface area contributed by atoms with Gasteiger partial charge in [0.05, 0.1) is 5.60 Å². The van der Waals surface area contributed by atoms with Crippen LogP contribution in [0, 0.1) is 5.41 Å². The number of benzene rings is 1. The maximum Gasteiger partial charge on any atom is 0.573 e. The van der Waals surface area contributed by atoms with Gasteiger partial charge in [-0.2, -0.15) is 0 Å². The van der Waals surface area contributed by atoms with E-state index in [1.54, 1.807) is 12.1 Å². The maximum absolute atomic E-state index is 12.3. The van der Waals surface area contributed by atoms with Crippen molar-refractivity contribution in [2.75, 3.05) is 13.1 Å². The average Bonchev–Trinajstić information content (AvgIpc) is 2.32. The summed E-state index contributed by atoms with van der Waals surface area (Å²) in [5.41, 5.74) is -0.241. The standard InChI is InChI=1S/C16H22F3NO2/c1-14(2)11-20(8-7-15(14,3)21)10-12-5-4-6-13(9-12)22-16(17,18)19/h4-6,9,21H,7-8,10-11H2,1-3H3/t15-/m0/s1. The highest BCUT2D eigenvalue weighted by molar-refractivity contribution is 5.28. The number of aliphatic hydroxyl groups is 1. The van der Waals surface area contributed by atoms with E-state index in [2.05, 4.69) is 9.64 Å². The molecule has 1 aliphatic rings. The number of hydrogen-bond acceptors (Lipinski definition) is 3. The predicted octanol–water partition coefficient (Wildman–Crippen LogP) is 3.57. The Bertz CT molecular complexity index is 526. The molecule has 0 radical (unpaired) electrons. The molecule has 3 nitrogen and oxygen atoms in total. The number of ether oxygens (including phenoxy) is 1. The minimum Gasteiger partial charge on any atom is -0.406 e. The molecule has 6 heteroatoms. The van der Waals surface area contributed by atoms with Gasteiger partial charge in [0.15, 0.2) is 0 Å². The molecule has 0 aliphatic carbocycles. The largest absolute Gasteiger partial charge is 0.573 e. The Morgan fingerprint density at radius 2 is 1.95 bits per heavy atom. The molecule has 124 valence electrons. The fourth-order valence-corrected chi connectivity index (χ4v) is 2.76. The van der Waals surface area contributed by atoms with E-state index in [4.69, 9.17) is 0 Å².